The lowest BCUT2D eigenvalue weighted by molar-refractivity contribution is 0.174. The number of aromatic hydroxyl groups is 1. The van der Waals surface area contributed by atoms with Crippen molar-refractivity contribution in [2.75, 3.05) is 7.11 Å². The molecule has 1 aromatic carbocycles. The van der Waals surface area contributed by atoms with Gasteiger partial charge in [0.2, 0.25) is 0 Å². The van der Waals surface area contributed by atoms with Crippen molar-refractivity contribution >= 4 is 17.0 Å². The van der Waals surface area contributed by atoms with Gasteiger partial charge in [0.05, 0.1) is 25.1 Å². The predicted molar refractivity (Wildman–Crippen MR) is 60.7 cm³/mol. The van der Waals surface area contributed by atoms with Crippen molar-refractivity contribution in [3.05, 3.63) is 30.0 Å². The van der Waals surface area contributed by atoms with Gasteiger partial charge in [0, 0.05) is 17.6 Å². The van der Waals surface area contributed by atoms with Gasteiger partial charge in [0.15, 0.2) is 0 Å². The number of nitrogens with zero attached hydrogens (tertiary/aromatic N) is 2. The zero-order valence-electron chi connectivity index (χ0n) is 9.17. The number of benzene rings is 1. The standard InChI is InChI=1S/C12H10N2O3/c1-17-12(16)14-7-8(4-5-13)10-3-2-9(15)6-11(10)14/h2-3,6-7,15H,4H2,1H3. The summed E-state index contributed by atoms with van der Waals surface area (Å²) in [4.78, 5) is 11.5. The molecule has 86 valence electrons. The molecular formula is C12H10N2O3. The van der Waals surface area contributed by atoms with Gasteiger partial charge in [-0.1, -0.05) is 0 Å². The Hall–Kier alpha value is -2.48. The van der Waals surface area contributed by atoms with Crippen LogP contribution in [0.25, 0.3) is 10.9 Å². The van der Waals surface area contributed by atoms with Gasteiger partial charge in [-0.15, -0.1) is 0 Å². The third kappa shape index (κ3) is 1.81. The zero-order valence-corrected chi connectivity index (χ0v) is 9.17. The summed E-state index contributed by atoms with van der Waals surface area (Å²) >= 11 is 0. The number of ether oxygens (including phenoxy) is 1. The lowest BCUT2D eigenvalue weighted by Gasteiger charge is -2.01. The number of nitriles is 1. The highest BCUT2D eigenvalue weighted by Gasteiger charge is 2.14. The van der Waals surface area contributed by atoms with Crippen LogP contribution in [-0.4, -0.2) is 22.9 Å². The molecule has 0 amide bonds. The van der Waals surface area contributed by atoms with Crippen molar-refractivity contribution in [3.63, 3.8) is 0 Å². The van der Waals surface area contributed by atoms with Crippen LogP contribution in [0.5, 0.6) is 5.75 Å². The van der Waals surface area contributed by atoms with Gasteiger partial charge in [-0.2, -0.15) is 5.26 Å². The molecule has 0 saturated carbocycles. The maximum atomic E-state index is 11.5. The first-order valence-corrected chi connectivity index (χ1v) is 4.95. The Bertz CT molecular complexity index is 622. The molecular weight excluding hydrogens is 220 g/mol. The maximum Gasteiger partial charge on any atom is 0.418 e. The van der Waals surface area contributed by atoms with Crippen molar-refractivity contribution in [2.24, 2.45) is 0 Å². The Morgan fingerprint density at radius 3 is 3.00 bits per heavy atom. The van der Waals surface area contributed by atoms with Gasteiger partial charge in [-0.25, -0.2) is 4.79 Å². The molecule has 1 N–H and O–H groups in total. The van der Waals surface area contributed by atoms with E-state index < -0.39 is 6.09 Å². The maximum absolute atomic E-state index is 11.5. The molecule has 5 heteroatoms. The van der Waals surface area contributed by atoms with E-state index in [0.717, 1.165) is 10.9 Å². The summed E-state index contributed by atoms with van der Waals surface area (Å²) in [6, 6.07) is 6.69. The Labute approximate surface area is 97.5 Å². The molecule has 5 nitrogen and oxygen atoms in total. The number of fused-ring (bicyclic) bond motifs is 1. The van der Waals surface area contributed by atoms with E-state index in [1.807, 2.05) is 6.07 Å². The lowest BCUT2D eigenvalue weighted by Crippen LogP contribution is -2.09. The van der Waals surface area contributed by atoms with Gasteiger partial charge >= 0.3 is 6.09 Å². The average molecular weight is 230 g/mol. The van der Waals surface area contributed by atoms with Crippen LogP contribution in [-0.2, 0) is 11.2 Å². The molecule has 2 rings (SSSR count). The molecule has 0 aliphatic carbocycles. The van der Waals surface area contributed by atoms with Crippen molar-refractivity contribution in [2.45, 2.75) is 6.42 Å². The van der Waals surface area contributed by atoms with Crippen LogP contribution in [0.2, 0.25) is 0 Å². The highest BCUT2D eigenvalue weighted by atomic mass is 16.5. The highest BCUT2D eigenvalue weighted by Crippen LogP contribution is 2.25. The normalized spacial score (nSPS) is 10.1. The molecule has 0 saturated heterocycles. The second-order valence-corrected chi connectivity index (χ2v) is 3.53. The number of hydrogen-bond acceptors (Lipinski definition) is 4. The van der Waals surface area contributed by atoms with Gasteiger partial charge in [0.25, 0.3) is 0 Å². The topological polar surface area (TPSA) is 75.2 Å². The van der Waals surface area contributed by atoms with Gasteiger partial charge in [-0.05, 0) is 17.7 Å². The highest BCUT2D eigenvalue weighted by molar-refractivity contribution is 5.92. The molecule has 1 aromatic heterocycles. The van der Waals surface area contributed by atoms with Crippen LogP contribution in [0.15, 0.2) is 24.4 Å². The number of aromatic nitrogens is 1. The van der Waals surface area contributed by atoms with Gasteiger partial charge in [-0.3, -0.25) is 4.57 Å². The Morgan fingerprint density at radius 1 is 1.59 bits per heavy atom. The fourth-order valence-electron chi connectivity index (χ4n) is 1.76. The molecule has 0 unspecified atom stereocenters. The van der Waals surface area contributed by atoms with Gasteiger partial charge < -0.3 is 9.84 Å². The summed E-state index contributed by atoms with van der Waals surface area (Å²) in [6.07, 6.45) is 1.20. The summed E-state index contributed by atoms with van der Waals surface area (Å²) in [7, 11) is 1.28. The first-order chi connectivity index (χ1) is 8.17. The lowest BCUT2D eigenvalue weighted by atomic mass is 10.1. The number of carbonyl (C=O) groups excluding carboxylic acids is 1. The van der Waals surface area contributed by atoms with E-state index >= 15 is 0 Å². The second kappa shape index (κ2) is 4.18. The van der Waals surface area contributed by atoms with Crippen LogP contribution in [0.4, 0.5) is 4.79 Å². The molecule has 0 bridgehead atoms. The molecule has 17 heavy (non-hydrogen) atoms. The Morgan fingerprint density at radius 2 is 2.35 bits per heavy atom. The average Bonchev–Trinajstić information content (AvgIpc) is 2.67. The minimum Gasteiger partial charge on any atom is -0.508 e. The summed E-state index contributed by atoms with van der Waals surface area (Å²) < 4.78 is 5.91. The molecule has 0 aliphatic rings. The minimum absolute atomic E-state index is 0.0595. The third-order valence-corrected chi connectivity index (χ3v) is 2.51. The van der Waals surface area contributed by atoms with E-state index in [2.05, 4.69) is 4.74 Å². The smallest absolute Gasteiger partial charge is 0.418 e. The van der Waals surface area contributed by atoms with Crippen LogP contribution in [0.3, 0.4) is 0 Å². The summed E-state index contributed by atoms with van der Waals surface area (Å²) in [5.74, 6) is 0.0595. The molecule has 0 radical (unpaired) electrons. The zero-order chi connectivity index (χ0) is 12.4. The number of rotatable bonds is 1. The van der Waals surface area contributed by atoms with Crippen LogP contribution in [0, 0.1) is 11.3 Å². The van der Waals surface area contributed by atoms with Crippen LogP contribution >= 0.6 is 0 Å². The van der Waals surface area contributed by atoms with E-state index in [-0.39, 0.29) is 12.2 Å². The third-order valence-electron chi connectivity index (χ3n) is 2.51. The van der Waals surface area contributed by atoms with Crippen molar-refractivity contribution in [3.8, 4) is 11.8 Å². The molecule has 0 atom stereocenters. The Kier molecular flexibility index (Phi) is 2.71. The first-order valence-electron chi connectivity index (χ1n) is 4.95. The van der Waals surface area contributed by atoms with Gasteiger partial charge in [0.1, 0.15) is 5.75 Å². The molecule has 0 aliphatic heterocycles. The van der Waals surface area contributed by atoms with E-state index in [9.17, 15) is 9.90 Å². The fourth-order valence-corrected chi connectivity index (χ4v) is 1.76. The summed E-state index contributed by atoms with van der Waals surface area (Å²) in [5.41, 5.74) is 1.26. The van der Waals surface area contributed by atoms with E-state index in [1.165, 1.54) is 23.8 Å². The fraction of sp³-hybridized carbons (Fsp3) is 0.167. The quantitative estimate of drug-likeness (QED) is 0.813. The number of hydrogen-bond donors (Lipinski definition) is 1. The number of methoxy groups -OCH3 is 1. The molecule has 2 aromatic rings. The van der Waals surface area contributed by atoms with Crippen molar-refractivity contribution in [1.82, 2.24) is 4.57 Å². The SMILES string of the molecule is COC(=O)n1cc(CC#N)c2ccc(O)cc21. The van der Waals surface area contributed by atoms with E-state index in [1.54, 1.807) is 12.3 Å². The minimum atomic E-state index is -0.551. The molecule has 0 spiro atoms. The number of phenolic OH excluding ortho intramolecular Hbond substituents is 1. The number of carbonyl (C=O) groups is 1. The summed E-state index contributed by atoms with van der Waals surface area (Å²) in [5, 5.41) is 18.9. The van der Waals surface area contributed by atoms with Crippen molar-refractivity contribution < 1.29 is 14.6 Å². The Balaban J connectivity index is 2.71. The summed E-state index contributed by atoms with van der Waals surface area (Å²) in [6.45, 7) is 0. The van der Waals surface area contributed by atoms with Crippen molar-refractivity contribution in [1.29, 1.82) is 5.26 Å². The van der Waals surface area contributed by atoms with Crippen LogP contribution < -0.4 is 0 Å². The molecule has 1 heterocycles. The van der Waals surface area contributed by atoms with E-state index in [0.29, 0.717) is 5.52 Å². The largest absolute Gasteiger partial charge is 0.508 e. The first kappa shape index (κ1) is 11.0. The van der Waals surface area contributed by atoms with E-state index in [4.69, 9.17) is 5.26 Å². The number of phenols is 1. The van der Waals surface area contributed by atoms with Crippen LogP contribution in [0.1, 0.15) is 5.56 Å². The second-order valence-electron chi connectivity index (χ2n) is 3.53. The molecule has 0 fully saturated rings. The predicted octanol–water partition coefficient (Wildman–Crippen LogP) is 2.03. The monoisotopic (exact) mass is 230 g/mol.